The van der Waals surface area contributed by atoms with Crippen LogP contribution in [0.4, 0.5) is 5.69 Å². The molecule has 1 spiro atoms. The van der Waals surface area contributed by atoms with Gasteiger partial charge in [-0.1, -0.05) is 48.5 Å². The predicted octanol–water partition coefficient (Wildman–Crippen LogP) is 2.74. The molecule has 4 rings (SSSR count). The van der Waals surface area contributed by atoms with Crippen molar-refractivity contribution in [1.29, 1.82) is 0 Å². The summed E-state index contributed by atoms with van der Waals surface area (Å²) in [7, 11) is 0. The van der Waals surface area contributed by atoms with Crippen molar-refractivity contribution in [1.82, 2.24) is 0 Å². The van der Waals surface area contributed by atoms with Gasteiger partial charge in [-0.3, -0.25) is 9.59 Å². The van der Waals surface area contributed by atoms with Crippen molar-refractivity contribution < 1.29 is 14.3 Å². The molecule has 1 heterocycles. The van der Waals surface area contributed by atoms with Crippen molar-refractivity contribution in [3.8, 4) is 0 Å². The van der Waals surface area contributed by atoms with Gasteiger partial charge in [0.05, 0.1) is 0 Å². The normalized spacial score (nSPS) is 28.1. The van der Waals surface area contributed by atoms with Gasteiger partial charge in [0.15, 0.2) is 5.60 Å². The van der Waals surface area contributed by atoms with E-state index < -0.39 is 11.0 Å². The van der Waals surface area contributed by atoms with Crippen LogP contribution < -0.4 is 5.32 Å². The molecule has 1 N–H and O–H groups in total. The molecule has 1 aliphatic carbocycles. The number of rotatable bonds is 2. The van der Waals surface area contributed by atoms with Crippen LogP contribution in [-0.4, -0.2) is 11.9 Å². The van der Waals surface area contributed by atoms with Crippen molar-refractivity contribution in [2.45, 2.75) is 24.4 Å². The molecule has 2 aliphatic rings. The van der Waals surface area contributed by atoms with Crippen LogP contribution in [0.3, 0.4) is 0 Å². The summed E-state index contributed by atoms with van der Waals surface area (Å²) in [4.78, 5) is 24.4. The summed E-state index contributed by atoms with van der Waals surface area (Å²) in [6.07, 6.45) is 0.479. The highest BCUT2D eigenvalue weighted by molar-refractivity contribution is 6.10. The van der Waals surface area contributed by atoms with Crippen molar-refractivity contribution in [3.63, 3.8) is 0 Å². The van der Waals surface area contributed by atoms with E-state index in [-0.39, 0.29) is 11.9 Å². The molecule has 2 aromatic carbocycles. The van der Waals surface area contributed by atoms with Crippen LogP contribution in [0.15, 0.2) is 54.6 Å². The summed E-state index contributed by atoms with van der Waals surface area (Å²) in [5.41, 5.74) is 0.854. The van der Waals surface area contributed by atoms with Gasteiger partial charge in [0.25, 0.3) is 0 Å². The number of amides is 1. The minimum absolute atomic E-state index is 0.0983. The molecule has 1 amide bonds. The average molecular weight is 293 g/mol. The van der Waals surface area contributed by atoms with E-state index in [4.69, 9.17) is 4.74 Å². The standard InChI is InChI=1S/C18H15NO3/c1-12(20)22-18(13-7-3-2-4-8-13)11-17(18)14-9-5-6-10-15(14)19-16(17)21/h2-10H,11H2,1H3,(H,19,21)/t17-,18+/m0/s1. The van der Waals surface area contributed by atoms with Gasteiger partial charge in [0.1, 0.15) is 5.41 Å². The lowest BCUT2D eigenvalue weighted by atomic mass is 9.89. The highest BCUT2D eigenvalue weighted by Gasteiger charge is 2.79. The van der Waals surface area contributed by atoms with E-state index in [2.05, 4.69) is 5.32 Å². The number of esters is 1. The monoisotopic (exact) mass is 293 g/mol. The molecular weight excluding hydrogens is 278 g/mol. The molecule has 4 nitrogen and oxygen atoms in total. The van der Waals surface area contributed by atoms with E-state index in [0.29, 0.717) is 6.42 Å². The molecule has 2 atom stereocenters. The third kappa shape index (κ3) is 1.47. The molecule has 0 radical (unpaired) electrons. The van der Waals surface area contributed by atoms with Crippen molar-refractivity contribution >= 4 is 17.6 Å². The SMILES string of the molecule is CC(=O)O[C@@]1(c2ccccc2)C[C@]12C(=O)Nc1ccccc12. The van der Waals surface area contributed by atoms with Crippen LogP contribution in [0.5, 0.6) is 0 Å². The van der Waals surface area contributed by atoms with Gasteiger partial charge in [-0.25, -0.2) is 0 Å². The van der Waals surface area contributed by atoms with Crippen LogP contribution in [0, 0.1) is 0 Å². The lowest BCUT2D eigenvalue weighted by Crippen LogP contribution is -2.32. The van der Waals surface area contributed by atoms with Gasteiger partial charge in [-0.15, -0.1) is 0 Å². The summed E-state index contributed by atoms with van der Waals surface area (Å²) in [6.45, 7) is 1.38. The topological polar surface area (TPSA) is 55.4 Å². The highest BCUT2D eigenvalue weighted by Crippen LogP contribution is 2.69. The summed E-state index contributed by atoms with van der Waals surface area (Å²) in [5.74, 6) is -0.475. The van der Waals surface area contributed by atoms with Crippen LogP contribution in [0.1, 0.15) is 24.5 Å². The molecule has 0 saturated heterocycles. The molecule has 22 heavy (non-hydrogen) atoms. The van der Waals surface area contributed by atoms with Crippen molar-refractivity contribution in [3.05, 3.63) is 65.7 Å². The minimum atomic E-state index is -0.906. The van der Waals surface area contributed by atoms with Gasteiger partial charge in [0.2, 0.25) is 5.91 Å². The minimum Gasteiger partial charge on any atom is -0.453 e. The molecule has 0 bridgehead atoms. The zero-order valence-electron chi connectivity index (χ0n) is 12.1. The second-order valence-corrected chi connectivity index (χ2v) is 5.87. The van der Waals surface area contributed by atoms with Crippen LogP contribution in [-0.2, 0) is 25.3 Å². The van der Waals surface area contributed by atoms with E-state index in [1.807, 2.05) is 54.6 Å². The maximum absolute atomic E-state index is 12.7. The van der Waals surface area contributed by atoms with Crippen LogP contribution in [0.25, 0.3) is 0 Å². The number of carbonyl (C=O) groups excluding carboxylic acids is 2. The Bertz CT molecular complexity index is 786. The first kappa shape index (κ1) is 13.1. The third-order valence-electron chi connectivity index (χ3n) is 4.66. The van der Waals surface area contributed by atoms with Crippen molar-refractivity contribution in [2.24, 2.45) is 0 Å². The number of para-hydroxylation sites is 1. The number of ether oxygens (including phenoxy) is 1. The maximum atomic E-state index is 12.7. The smallest absolute Gasteiger partial charge is 0.303 e. The molecular formula is C18H15NO3. The average Bonchev–Trinajstić information content (AvgIpc) is 3.09. The number of benzene rings is 2. The molecule has 1 saturated carbocycles. The Morgan fingerprint density at radius 1 is 1.09 bits per heavy atom. The number of hydrogen-bond donors (Lipinski definition) is 1. The summed E-state index contributed by atoms with van der Waals surface area (Å²) >= 11 is 0. The molecule has 1 aliphatic heterocycles. The Hall–Kier alpha value is -2.62. The number of nitrogens with one attached hydrogen (secondary N) is 1. The number of fused-ring (bicyclic) bond motifs is 2. The van der Waals surface area contributed by atoms with Crippen molar-refractivity contribution in [2.75, 3.05) is 5.32 Å². The quantitative estimate of drug-likeness (QED) is 0.866. The lowest BCUT2D eigenvalue weighted by molar-refractivity contribution is -0.151. The molecule has 0 aromatic heterocycles. The highest BCUT2D eigenvalue weighted by atomic mass is 16.6. The van der Waals surface area contributed by atoms with Gasteiger partial charge >= 0.3 is 5.97 Å². The zero-order chi connectivity index (χ0) is 15.4. The van der Waals surface area contributed by atoms with E-state index in [1.165, 1.54) is 6.92 Å². The number of anilines is 1. The van der Waals surface area contributed by atoms with E-state index in [1.54, 1.807) is 0 Å². The van der Waals surface area contributed by atoms with E-state index >= 15 is 0 Å². The Labute approximate surface area is 128 Å². The Kier molecular flexibility index (Phi) is 2.49. The first-order chi connectivity index (χ1) is 10.6. The maximum Gasteiger partial charge on any atom is 0.303 e. The van der Waals surface area contributed by atoms with Crippen LogP contribution in [0.2, 0.25) is 0 Å². The molecule has 0 unspecified atom stereocenters. The molecule has 110 valence electrons. The second kappa shape index (κ2) is 4.19. The molecule has 1 fully saturated rings. The van der Waals surface area contributed by atoms with Gasteiger partial charge in [0, 0.05) is 19.0 Å². The van der Waals surface area contributed by atoms with Gasteiger partial charge in [-0.05, 0) is 17.2 Å². The second-order valence-electron chi connectivity index (χ2n) is 5.87. The predicted molar refractivity (Wildman–Crippen MR) is 81.3 cm³/mol. The fourth-order valence-corrected chi connectivity index (χ4v) is 3.70. The fraction of sp³-hybridized carbons (Fsp3) is 0.222. The number of carbonyl (C=O) groups is 2. The first-order valence-corrected chi connectivity index (χ1v) is 7.26. The molecule has 4 heteroatoms. The van der Waals surface area contributed by atoms with Crippen LogP contribution >= 0.6 is 0 Å². The Morgan fingerprint density at radius 3 is 2.50 bits per heavy atom. The Balaban J connectivity index is 1.90. The lowest BCUT2D eigenvalue weighted by Gasteiger charge is -2.22. The largest absolute Gasteiger partial charge is 0.453 e. The fourth-order valence-electron chi connectivity index (χ4n) is 3.70. The summed E-state index contributed by atoms with van der Waals surface area (Å²) in [5, 5.41) is 2.92. The summed E-state index contributed by atoms with van der Waals surface area (Å²) < 4.78 is 5.70. The van der Waals surface area contributed by atoms with E-state index in [9.17, 15) is 9.59 Å². The van der Waals surface area contributed by atoms with E-state index in [0.717, 1.165) is 16.8 Å². The number of hydrogen-bond acceptors (Lipinski definition) is 3. The third-order valence-corrected chi connectivity index (χ3v) is 4.66. The first-order valence-electron chi connectivity index (χ1n) is 7.26. The zero-order valence-corrected chi connectivity index (χ0v) is 12.1. The summed E-state index contributed by atoms with van der Waals surface area (Å²) in [6, 6.07) is 17.1. The molecule has 2 aromatic rings. The van der Waals surface area contributed by atoms with Gasteiger partial charge < -0.3 is 10.1 Å². The Morgan fingerprint density at radius 2 is 1.77 bits per heavy atom. The van der Waals surface area contributed by atoms with Gasteiger partial charge in [-0.2, -0.15) is 0 Å².